The largest absolute Gasteiger partial charge is 0.350 e. The highest BCUT2D eigenvalue weighted by Gasteiger charge is 2.28. The first kappa shape index (κ1) is 18.5. The highest BCUT2D eigenvalue weighted by molar-refractivity contribution is 6.42. The van der Waals surface area contributed by atoms with Crippen molar-refractivity contribution in [1.82, 2.24) is 9.47 Å². The lowest BCUT2D eigenvalue weighted by Crippen LogP contribution is -2.30. The van der Waals surface area contributed by atoms with Crippen LogP contribution in [0.3, 0.4) is 0 Å². The van der Waals surface area contributed by atoms with Crippen LogP contribution in [-0.4, -0.2) is 16.0 Å². The molecular weight excluding hydrogens is 389 g/mol. The molecule has 0 bridgehead atoms. The SMILES string of the molecule is Fc1cccc(CN2CCCn3cccc3C2c2ccc(Cl)c(Cl)c2)c1F. The number of aromatic nitrogens is 1. The predicted molar refractivity (Wildman–Crippen MR) is 104 cm³/mol. The standard InChI is InChI=1S/C21H18Cl2F2N2/c22-16-8-7-14(12-17(16)23)21-19-6-2-9-26(19)10-3-11-27(21)13-15-4-1-5-18(24)20(15)25/h1-2,4-9,12,21H,3,10-11,13H2. The predicted octanol–water partition coefficient (Wildman–Crippen LogP) is 6.07. The molecule has 27 heavy (non-hydrogen) atoms. The Morgan fingerprint density at radius 1 is 0.963 bits per heavy atom. The first-order valence-corrected chi connectivity index (χ1v) is 9.57. The normalized spacial score (nSPS) is 17.6. The van der Waals surface area contributed by atoms with Gasteiger partial charge in [0.2, 0.25) is 0 Å². The van der Waals surface area contributed by atoms with E-state index >= 15 is 0 Å². The van der Waals surface area contributed by atoms with Crippen LogP contribution in [0.1, 0.15) is 29.3 Å². The van der Waals surface area contributed by atoms with E-state index in [4.69, 9.17) is 23.2 Å². The molecule has 0 saturated carbocycles. The van der Waals surface area contributed by atoms with Crippen LogP contribution in [0.2, 0.25) is 10.0 Å². The summed E-state index contributed by atoms with van der Waals surface area (Å²) >= 11 is 12.4. The van der Waals surface area contributed by atoms with Gasteiger partial charge in [0.15, 0.2) is 11.6 Å². The van der Waals surface area contributed by atoms with Crippen molar-refractivity contribution in [2.75, 3.05) is 6.54 Å². The molecule has 3 aromatic rings. The second-order valence-corrected chi connectivity index (χ2v) is 7.55. The van der Waals surface area contributed by atoms with Crippen LogP contribution >= 0.6 is 23.2 Å². The summed E-state index contributed by atoms with van der Waals surface area (Å²) < 4.78 is 30.2. The van der Waals surface area contributed by atoms with E-state index in [1.54, 1.807) is 18.2 Å². The number of halogens is 4. The second-order valence-electron chi connectivity index (χ2n) is 6.74. The highest BCUT2D eigenvalue weighted by atomic mass is 35.5. The van der Waals surface area contributed by atoms with Gasteiger partial charge in [-0.05, 0) is 42.3 Å². The van der Waals surface area contributed by atoms with Gasteiger partial charge in [-0.15, -0.1) is 0 Å². The number of rotatable bonds is 3. The van der Waals surface area contributed by atoms with Gasteiger partial charge < -0.3 is 4.57 Å². The third kappa shape index (κ3) is 3.62. The van der Waals surface area contributed by atoms with Crippen molar-refractivity contribution in [2.45, 2.75) is 25.6 Å². The van der Waals surface area contributed by atoms with Crippen molar-refractivity contribution in [3.8, 4) is 0 Å². The molecule has 0 saturated heterocycles. The average molecular weight is 407 g/mol. The zero-order valence-corrected chi connectivity index (χ0v) is 16.0. The molecule has 1 aliphatic rings. The van der Waals surface area contributed by atoms with Crippen molar-refractivity contribution in [2.24, 2.45) is 0 Å². The van der Waals surface area contributed by atoms with E-state index in [1.165, 1.54) is 0 Å². The molecule has 0 N–H and O–H groups in total. The van der Waals surface area contributed by atoms with Crippen LogP contribution in [0.4, 0.5) is 8.78 Å². The van der Waals surface area contributed by atoms with Gasteiger partial charge >= 0.3 is 0 Å². The molecule has 1 atom stereocenters. The molecule has 0 aliphatic carbocycles. The summed E-state index contributed by atoms with van der Waals surface area (Å²) in [6, 6.07) is 13.8. The second kappa shape index (κ2) is 7.63. The number of benzene rings is 2. The van der Waals surface area contributed by atoms with E-state index in [-0.39, 0.29) is 6.04 Å². The molecule has 140 valence electrons. The number of hydrogen-bond donors (Lipinski definition) is 0. The van der Waals surface area contributed by atoms with E-state index in [1.807, 2.05) is 24.4 Å². The van der Waals surface area contributed by atoms with E-state index in [0.717, 1.165) is 36.8 Å². The Morgan fingerprint density at radius 2 is 1.81 bits per heavy atom. The Balaban J connectivity index is 1.78. The zero-order chi connectivity index (χ0) is 19.0. The Labute approximate surface area is 166 Å². The van der Waals surface area contributed by atoms with Crippen molar-refractivity contribution in [3.63, 3.8) is 0 Å². The summed E-state index contributed by atoms with van der Waals surface area (Å²) in [6.07, 6.45) is 2.96. The minimum absolute atomic E-state index is 0.125. The van der Waals surface area contributed by atoms with Crippen molar-refractivity contribution in [3.05, 3.63) is 93.2 Å². The molecule has 6 heteroatoms. The molecule has 2 aromatic carbocycles. The molecule has 0 spiro atoms. The van der Waals surface area contributed by atoms with Crippen LogP contribution in [-0.2, 0) is 13.1 Å². The maximum atomic E-state index is 14.3. The molecule has 1 aromatic heterocycles. The molecule has 0 amide bonds. The van der Waals surface area contributed by atoms with Gasteiger partial charge in [0.25, 0.3) is 0 Å². The van der Waals surface area contributed by atoms with Crippen molar-refractivity contribution in [1.29, 1.82) is 0 Å². The minimum Gasteiger partial charge on any atom is -0.350 e. The van der Waals surface area contributed by atoms with E-state index in [9.17, 15) is 8.78 Å². The lowest BCUT2D eigenvalue weighted by Gasteiger charge is -2.31. The van der Waals surface area contributed by atoms with Crippen LogP contribution in [0.25, 0.3) is 0 Å². The molecule has 4 rings (SSSR count). The zero-order valence-electron chi connectivity index (χ0n) is 14.5. The maximum Gasteiger partial charge on any atom is 0.163 e. The molecular formula is C21H18Cl2F2N2. The Morgan fingerprint density at radius 3 is 2.63 bits per heavy atom. The fourth-order valence-corrected chi connectivity index (χ4v) is 4.07. The first-order valence-electron chi connectivity index (χ1n) is 8.81. The molecule has 2 heterocycles. The number of fused-ring (bicyclic) bond motifs is 1. The van der Waals surface area contributed by atoms with Gasteiger partial charge in [-0.2, -0.15) is 0 Å². The third-order valence-corrected chi connectivity index (χ3v) is 5.76. The van der Waals surface area contributed by atoms with Crippen LogP contribution < -0.4 is 0 Å². The van der Waals surface area contributed by atoms with Gasteiger partial charge in [0, 0.05) is 37.1 Å². The molecule has 0 fully saturated rings. The molecule has 1 aliphatic heterocycles. The highest BCUT2D eigenvalue weighted by Crippen LogP contribution is 2.36. The van der Waals surface area contributed by atoms with Crippen LogP contribution in [0, 0.1) is 11.6 Å². The summed E-state index contributed by atoms with van der Waals surface area (Å²) in [7, 11) is 0. The maximum absolute atomic E-state index is 14.3. The lowest BCUT2D eigenvalue weighted by atomic mass is 10.0. The monoisotopic (exact) mass is 406 g/mol. The quantitative estimate of drug-likeness (QED) is 0.512. The van der Waals surface area contributed by atoms with Crippen molar-refractivity contribution < 1.29 is 8.78 Å². The average Bonchev–Trinajstić information content (AvgIpc) is 3.03. The van der Waals surface area contributed by atoms with Crippen LogP contribution in [0.5, 0.6) is 0 Å². The van der Waals surface area contributed by atoms with E-state index < -0.39 is 11.6 Å². The minimum atomic E-state index is -0.822. The Hall–Kier alpha value is -1.88. The number of nitrogens with zero attached hydrogens (tertiary/aromatic N) is 2. The van der Waals surface area contributed by atoms with Crippen molar-refractivity contribution >= 4 is 23.2 Å². The fraction of sp³-hybridized carbons (Fsp3) is 0.238. The van der Waals surface area contributed by atoms with Gasteiger partial charge in [0.05, 0.1) is 16.1 Å². The molecule has 1 unspecified atom stereocenters. The van der Waals surface area contributed by atoms with E-state index in [0.29, 0.717) is 22.2 Å². The summed E-state index contributed by atoms with van der Waals surface area (Å²) in [5.41, 5.74) is 2.42. The third-order valence-electron chi connectivity index (χ3n) is 5.02. The summed E-state index contributed by atoms with van der Waals surface area (Å²) in [5.74, 6) is -1.61. The Bertz CT molecular complexity index is 971. The molecule has 0 radical (unpaired) electrons. The summed E-state index contributed by atoms with van der Waals surface area (Å²) in [4.78, 5) is 2.16. The Kier molecular flexibility index (Phi) is 5.22. The van der Waals surface area contributed by atoms with Gasteiger partial charge in [-0.1, -0.05) is 41.4 Å². The smallest absolute Gasteiger partial charge is 0.163 e. The van der Waals surface area contributed by atoms with Gasteiger partial charge in [-0.25, -0.2) is 8.78 Å². The number of hydrogen-bond acceptors (Lipinski definition) is 1. The summed E-state index contributed by atoms with van der Waals surface area (Å²) in [6.45, 7) is 1.94. The van der Waals surface area contributed by atoms with Gasteiger partial charge in [0.1, 0.15) is 0 Å². The lowest BCUT2D eigenvalue weighted by molar-refractivity contribution is 0.216. The number of aryl methyl sites for hydroxylation is 1. The van der Waals surface area contributed by atoms with E-state index in [2.05, 4.69) is 15.5 Å². The topological polar surface area (TPSA) is 8.17 Å². The van der Waals surface area contributed by atoms with Gasteiger partial charge in [-0.3, -0.25) is 4.90 Å². The molecule has 2 nitrogen and oxygen atoms in total. The summed E-state index contributed by atoms with van der Waals surface area (Å²) in [5, 5.41) is 0.973. The first-order chi connectivity index (χ1) is 13.0. The van der Waals surface area contributed by atoms with Crippen LogP contribution in [0.15, 0.2) is 54.7 Å². The fourth-order valence-electron chi connectivity index (χ4n) is 3.76.